The number of primary amides is 1. The summed E-state index contributed by atoms with van der Waals surface area (Å²) in [5.41, 5.74) is 5.06. The van der Waals surface area contributed by atoms with E-state index in [2.05, 4.69) is 10.3 Å². The molecule has 2 atom stereocenters. The van der Waals surface area contributed by atoms with Crippen LogP contribution in [0.1, 0.15) is 6.42 Å². The molecule has 8 nitrogen and oxygen atoms in total. The lowest BCUT2D eigenvalue weighted by Gasteiger charge is -2.31. The summed E-state index contributed by atoms with van der Waals surface area (Å²) in [7, 11) is 0. The molecule has 0 saturated carbocycles. The number of amides is 2. The Morgan fingerprint density at radius 1 is 1.45 bits per heavy atom. The first-order chi connectivity index (χ1) is 10.6. The van der Waals surface area contributed by atoms with Gasteiger partial charge in [-0.15, -0.1) is 0 Å². The molecule has 2 amide bonds. The predicted molar refractivity (Wildman–Crippen MR) is 76.0 cm³/mol. The molecule has 120 valence electrons. The molecule has 0 aliphatic carbocycles. The van der Waals surface area contributed by atoms with Gasteiger partial charge in [-0.05, 0) is 18.6 Å². The molecule has 1 aliphatic heterocycles. The van der Waals surface area contributed by atoms with E-state index in [-0.39, 0.29) is 31.3 Å². The van der Waals surface area contributed by atoms with E-state index in [4.69, 9.17) is 19.9 Å². The Balaban J connectivity index is 1.79. The first-order valence-electron chi connectivity index (χ1n) is 6.95. The number of hydrogen-bond donors (Lipinski definition) is 2. The van der Waals surface area contributed by atoms with Crippen LogP contribution in [0.2, 0.25) is 0 Å². The monoisotopic (exact) mass is 309 g/mol. The van der Waals surface area contributed by atoms with Gasteiger partial charge >= 0.3 is 0 Å². The second-order valence-electron chi connectivity index (χ2n) is 4.83. The van der Waals surface area contributed by atoms with Crippen LogP contribution >= 0.6 is 0 Å². The van der Waals surface area contributed by atoms with Gasteiger partial charge in [0.25, 0.3) is 5.91 Å². The average molecular weight is 309 g/mol. The van der Waals surface area contributed by atoms with Crippen molar-refractivity contribution in [1.29, 1.82) is 0 Å². The molecule has 0 aromatic carbocycles. The van der Waals surface area contributed by atoms with Crippen LogP contribution in [0.4, 0.5) is 0 Å². The van der Waals surface area contributed by atoms with Crippen molar-refractivity contribution in [3.8, 4) is 5.75 Å². The SMILES string of the molecule is NC(=O)CO[C@@H]1CCOC[C@@H]1NC(=O)COc1cccnc1. The minimum Gasteiger partial charge on any atom is -0.482 e. The fourth-order valence-corrected chi connectivity index (χ4v) is 2.07. The maximum Gasteiger partial charge on any atom is 0.258 e. The van der Waals surface area contributed by atoms with Gasteiger partial charge in [-0.3, -0.25) is 14.6 Å². The van der Waals surface area contributed by atoms with Gasteiger partial charge < -0.3 is 25.3 Å². The molecule has 3 N–H and O–H groups in total. The second kappa shape index (κ2) is 8.30. The van der Waals surface area contributed by atoms with Gasteiger partial charge in [-0.25, -0.2) is 0 Å². The molecule has 1 saturated heterocycles. The molecule has 0 radical (unpaired) electrons. The van der Waals surface area contributed by atoms with Gasteiger partial charge in [0.05, 0.1) is 24.9 Å². The summed E-state index contributed by atoms with van der Waals surface area (Å²) in [6, 6.07) is 3.09. The smallest absolute Gasteiger partial charge is 0.258 e. The number of ether oxygens (including phenoxy) is 3. The number of hydrogen-bond acceptors (Lipinski definition) is 6. The molecule has 0 unspecified atom stereocenters. The molecular weight excluding hydrogens is 290 g/mol. The Labute approximate surface area is 127 Å². The summed E-state index contributed by atoms with van der Waals surface area (Å²) in [4.78, 5) is 26.6. The molecule has 0 spiro atoms. The molecule has 1 aromatic heterocycles. The summed E-state index contributed by atoms with van der Waals surface area (Å²) < 4.78 is 16.0. The predicted octanol–water partition coefficient (Wildman–Crippen LogP) is -0.764. The van der Waals surface area contributed by atoms with Crippen LogP contribution in [0.15, 0.2) is 24.5 Å². The molecule has 2 heterocycles. The fraction of sp³-hybridized carbons (Fsp3) is 0.500. The van der Waals surface area contributed by atoms with E-state index < -0.39 is 5.91 Å². The zero-order valence-corrected chi connectivity index (χ0v) is 12.1. The zero-order valence-electron chi connectivity index (χ0n) is 12.1. The highest BCUT2D eigenvalue weighted by molar-refractivity contribution is 5.78. The molecule has 2 rings (SSSR count). The minimum atomic E-state index is -0.545. The van der Waals surface area contributed by atoms with Crippen molar-refractivity contribution in [2.24, 2.45) is 5.73 Å². The molecule has 1 aliphatic rings. The minimum absolute atomic E-state index is 0.134. The van der Waals surface area contributed by atoms with Crippen LogP contribution in [-0.2, 0) is 19.1 Å². The lowest BCUT2D eigenvalue weighted by molar-refractivity contribution is -0.132. The number of carbonyl (C=O) groups is 2. The van der Waals surface area contributed by atoms with E-state index in [0.717, 1.165) is 0 Å². The van der Waals surface area contributed by atoms with Gasteiger partial charge in [0, 0.05) is 12.8 Å². The van der Waals surface area contributed by atoms with Crippen molar-refractivity contribution in [2.45, 2.75) is 18.6 Å². The van der Waals surface area contributed by atoms with Crippen LogP contribution in [0.5, 0.6) is 5.75 Å². The van der Waals surface area contributed by atoms with Crippen LogP contribution in [0.3, 0.4) is 0 Å². The van der Waals surface area contributed by atoms with Crippen molar-refractivity contribution in [3.05, 3.63) is 24.5 Å². The highest BCUT2D eigenvalue weighted by atomic mass is 16.5. The van der Waals surface area contributed by atoms with E-state index in [1.54, 1.807) is 18.3 Å². The van der Waals surface area contributed by atoms with E-state index in [0.29, 0.717) is 25.4 Å². The molecule has 1 fully saturated rings. The Kier molecular flexibility index (Phi) is 6.11. The van der Waals surface area contributed by atoms with Gasteiger partial charge in [-0.1, -0.05) is 0 Å². The molecule has 8 heteroatoms. The molecular formula is C14H19N3O5. The van der Waals surface area contributed by atoms with E-state index in [9.17, 15) is 9.59 Å². The molecule has 0 bridgehead atoms. The summed E-state index contributed by atoms with van der Waals surface area (Å²) in [6.45, 7) is 0.526. The summed E-state index contributed by atoms with van der Waals surface area (Å²) in [5.74, 6) is -0.331. The fourth-order valence-electron chi connectivity index (χ4n) is 2.07. The van der Waals surface area contributed by atoms with Gasteiger partial charge in [0.2, 0.25) is 5.91 Å². The summed E-state index contributed by atoms with van der Waals surface area (Å²) in [5, 5.41) is 2.78. The van der Waals surface area contributed by atoms with Crippen LogP contribution < -0.4 is 15.8 Å². The van der Waals surface area contributed by atoms with Gasteiger partial charge in [0.15, 0.2) is 6.61 Å². The Morgan fingerprint density at radius 3 is 3.05 bits per heavy atom. The maximum atomic E-state index is 11.9. The highest BCUT2D eigenvalue weighted by Crippen LogP contribution is 2.12. The average Bonchev–Trinajstić information content (AvgIpc) is 2.53. The van der Waals surface area contributed by atoms with E-state index in [1.165, 1.54) is 6.20 Å². The lowest BCUT2D eigenvalue weighted by Crippen LogP contribution is -2.52. The first-order valence-corrected chi connectivity index (χ1v) is 6.95. The van der Waals surface area contributed by atoms with Gasteiger partial charge in [0.1, 0.15) is 12.4 Å². The zero-order chi connectivity index (χ0) is 15.8. The summed E-state index contributed by atoms with van der Waals surface area (Å²) >= 11 is 0. The largest absolute Gasteiger partial charge is 0.482 e. The van der Waals surface area contributed by atoms with Crippen molar-refractivity contribution in [1.82, 2.24) is 10.3 Å². The third kappa shape index (κ3) is 5.30. The van der Waals surface area contributed by atoms with Crippen molar-refractivity contribution in [3.63, 3.8) is 0 Å². The maximum absolute atomic E-state index is 11.9. The van der Waals surface area contributed by atoms with Crippen molar-refractivity contribution >= 4 is 11.8 Å². The second-order valence-corrected chi connectivity index (χ2v) is 4.83. The lowest BCUT2D eigenvalue weighted by atomic mass is 10.1. The van der Waals surface area contributed by atoms with E-state index >= 15 is 0 Å². The normalized spacial score (nSPS) is 21.1. The number of aromatic nitrogens is 1. The van der Waals surface area contributed by atoms with Crippen LogP contribution in [0, 0.1) is 0 Å². The van der Waals surface area contributed by atoms with E-state index in [1.807, 2.05) is 0 Å². The number of nitrogens with zero attached hydrogens (tertiary/aromatic N) is 1. The third-order valence-electron chi connectivity index (χ3n) is 3.08. The molecule has 1 aromatic rings. The quantitative estimate of drug-likeness (QED) is 0.684. The highest BCUT2D eigenvalue weighted by Gasteiger charge is 2.28. The summed E-state index contributed by atoms with van der Waals surface area (Å²) in [6.07, 6.45) is 3.42. The van der Waals surface area contributed by atoms with Crippen LogP contribution in [0.25, 0.3) is 0 Å². The molecule has 22 heavy (non-hydrogen) atoms. The van der Waals surface area contributed by atoms with Gasteiger partial charge in [-0.2, -0.15) is 0 Å². The first kappa shape index (κ1) is 16.2. The number of nitrogens with one attached hydrogen (secondary N) is 1. The number of pyridine rings is 1. The number of carbonyl (C=O) groups excluding carboxylic acids is 2. The van der Waals surface area contributed by atoms with Crippen LogP contribution in [-0.4, -0.2) is 55.4 Å². The number of nitrogens with two attached hydrogens (primary N) is 1. The third-order valence-corrected chi connectivity index (χ3v) is 3.08. The number of rotatable bonds is 7. The van der Waals surface area contributed by atoms with Crippen molar-refractivity contribution in [2.75, 3.05) is 26.4 Å². The van der Waals surface area contributed by atoms with Crippen molar-refractivity contribution < 1.29 is 23.8 Å². The standard InChI is InChI=1S/C14H19N3O5/c15-13(18)8-22-12-3-5-20-7-11(12)17-14(19)9-21-10-2-1-4-16-6-10/h1-2,4,6,11-12H,3,5,7-9H2,(H2,15,18)(H,17,19)/t11-,12+/m0/s1. The topological polar surface area (TPSA) is 113 Å². The Hall–Kier alpha value is -2.19. The Morgan fingerprint density at radius 2 is 2.32 bits per heavy atom. The Bertz CT molecular complexity index is 497.